The van der Waals surface area contributed by atoms with Crippen LogP contribution in [0.25, 0.3) is 0 Å². The van der Waals surface area contributed by atoms with Gasteiger partial charge in [-0.1, -0.05) is 28.1 Å². The highest BCUT2D eigenvalue weighted by Gasteiger charge is 2.28. The Balaban J connectivity index is 1.63. The van der Waals surface area contributed by atoms with Crippen LogP contribution >= 0.6 is 15.9 Å². The molecular weight excluding hydrogens is 424 g/mol. The summed E-state index contributed by atoms with van der Waals surface area (Å²) in [5.74, 6) is 0.771. The minimum atomic E-state index is -0.119. The summed E-state index contributed by atoms with van der Waals surface area (Å²) in [6.45, 7) is 1.12. The van der Waals surface area contributed by atoms with Crippen molar-refractivity contribution in [1.29, 1.82) is 0 Å². The Kier molecular flexibility index (Phi) is 6.57. The monoisotopic (exact) mass is 446 g/mol. The maximum Gasteiger partial charge on any atom is 0.261 e. The predicted molar refractivity (Wildman–Crippen MR) is 110 cm³/mol. The van der Waals surface area contributed by atoms with E-state index in [-0.39, 0.29) is 17.9 Å². The number of nitrogens with one attached hydrogen (secondary N) is 1. The quantitative estimate of drug-likeness (QED) is 0.762. The van der Waals surface area contributed by atoms with E-state index in [9.17, 15) is 9.59 Å². The van der Waals surface area contributed by atoms with Gasteiger partial charge in [-0.05, 0) is 43.2 Å². The molecule has 3 rings (SSSR count). The molecule has 1 saturated heterocycles. The molecule has 0 unspecified atom stereocenters. The molecule has 1 fully saturated rings. The maximum atomic E-state index is 13.0. The molecule has 1 aliphatic rings. The number of likely N-dealkylation sites (tertiary alicyclic amines) is 1. The van der Waals surface area contributed by atoms with Crippen molar-refractivity contribution in [1.82, 2.24) is 10.2 Å². The molecule has 28 heavy (non-hydrogen) atoms. The molecule has 0 aliphatic carbocycles. The topological polar surface area (TPSA) is 67.9 Å². The first-order valence-electron chi connectivity index (χ1n) is 9.10. The number of nitrogens with zero attached hydrogens (tertiary/aromatic N) is 1. The number of carbonyl (C=O) groups excluding carboxylic acids is 2. The number of rotatable bonds is 5. The van der Waals surface area contributed by atoms with E-state index in [1.54, 1.807) is 35.2 Å². The SMILES string of the molecule is COc1cccc(OC)c1C(=O)N1CCC(NC(=O)c2cccc(Br)c2)CC1. The van der Waals surface area contributed by atoms with E-state index in [1.807, 2.05) is 12.1 Å². The lowest BCUT2D eigenvalue weighted by molar-refractivity contribution is 0.0691. The molecule has 6 nitrogen and oxygen atoms in total. The number of halogens is 1. The van der Waals surface area contributed by atoms with Crippen LogP contribution in [-0.4, -0.2) is 50.1 Å². The average Bonchev–Trinajstić information content (AvgIpc) is 2.73. The molecule has 0 spiro atoms. The molecule has 1 heterocycles. The van der Waals surface area contributed by atoms with Crippen LogP contribution in [0.1, 0.15) is 33.6 Å². The number of hydrogen-bond donors (Lipinski definition) is 1. The van der Waals surface area contributed by atoms with Gasteiger partial charge in [0.2, 0.25) is 0 Å². The highest BCUT2D eigenvalue weighted by molar-refractivity contribution is 9.10. The van der Waals surface area contributed by atoms with Gasteiger partial charge in [-0.3, -0.25) is 9.59 Å². The van der Waals surface area contributed by atoms with Gasteiger partial charge < -0.3 is 19.7 Å². The Morgan fingerprint density at radius 1 is 1.04 bits per heavy atom. The van der Waals surface area contributed by atoms with Crippen LogP contribution < -0.4 is 14.8 Å². The number of carbonyl (C=O) groups is 2. The van der Waals surface area contributed by atoms with Crippen LogP contribution in [0.3, 0.4) is 0 Å². The number of piperidine rings is 1. The van der Waals surface area contributed by atoms with Crippen LogP contribution in [0, 0.1) is 0 Å². The van der Waals surface area contributed by atoms with E-state index in [0.717, 1.165) is 4.47 Å². The Bertz CT molecular complexity index is 841. The fourth-order valence-electron chi connectivity index (χ4n) is 3.35. The fourth-order valence-corrected chi connectivity index (χ4v) is 3.74. The van der Waals surface area contributed by atoms with E-state index in [0.29, 0.717) is 48.6 Å². The standard InChI is InChI=1S/C21H23BrN2O4/c1-27-17-7-4-8-18(28-2)19(17)21(26)24-11-9-16(10-12-24)23-20(25)14-5-3-6-15(22)13-14/h3-8,13,16H,9-12H2,1-2H3,(H,23,25). The lowest BCUT2D eigenvalue weighted by Gasteiger charge is -2.33. The molecule has 0 radical (unpaired) electrons. The molecular formula is C21H23BrN2O4. The van der Waals surface area contributed by atoms with E-state index in [4.69, 9.17) is 9.47 Å². The van der Waals surface area contributed by atoms with E-state index < -0.39 is 0 Å². The second kappa shape index (κ2) is 9.10. The van der Waals surface area contributed by atoms with Crippen molar-refractivity contribution >= 4 is 27.7 Å². The molecule has 0 atom stereocenters. The molecule has 148 valence electrons. The number of amides is 2. The number of ether oxygens (including phenoxy) is 2. The highest BCUT2D eigenvalue weighted by atomic mass is 79.9. The largest absolute Gasteiger partial charge is 0.496 e. The van der Waals surface area contributed by atoms with Crippen molar-refractivity contribution in [2.24, 2.45) is 0 Å². The summed E-state index contributed by atoms with van der Waals surface area (Å²) in [6.07, 6.45) is 1.39. The van der Waals surface area contributed by atoms with E-state index >= 15 is 0 Å². The molecule has 2 amide bonds. The minimum absolute atomic E-state index is 0.0371. The van der Waals surface area contributed by atoms with E-state index in [1.165, 1.54) is 14.2 Å². The second-order valence-electron chi connectivity index (χ2n) is 6.59. The van der Waals surface area contributed by atoms with Gasteiger partial charge in [0.05, 0.1) is 14.2 Å². The van der Waals surface area contributed by atoms with Crippen LogP contribution in [0.4, 0.5) is 0 Å². The molecule has 0 bridgehead atoms. The van der Waals surface area contributed by atoms with E-state index in [2.05, 4.69) is 21.2 Å². The van der Waals surface area contributed by atoms with Crippen molar-refractivity contribution in [3.8, 4) is 11.5 Å². The van der Waals surface area contributed by atoms with Crippen molar-refractivity contribution in [3.05, 3.63) is 58.1 Å². The van der Waals surface area contributed by atoms with Gasteiger partial charge in [-0.15, -0.1) is 0 Å². The molecule has 1 aliphatic heterocycles. The summed E-state index contributed by atoms with van der Waals surface area (Å²) in [5, 5.41) is 3.06. The highest BCUT2D eigenvalue weighted by Crippen LogP contribution is 2.30. The lowest BCUT2D eigenvalue weighted by atomic mass is 10.0. The summed E-state index contributed by atoms with van der Waals surface area (Å²) < 4.78 is 11.6. The van der Waals surface area contributed by atoms with Crippen LogP contribution in [0.15, 0.2) is 46.9 Å². The third-order valence-corrected chi connectivity index (χ3v) is 5.34. The second-order valence-corrected chi connectivity index (χ2v) is 7.50. The molecule has 7 heteroatoms. The van der Waals surface area contributed by atoms with Gasteiger partial charge in [0, 0.05) is 29.2 Å². The van der Waals surface area contributed by atoms with Gasteiger partial charge >= 0.3 is 0 Å². The Morgan fingerprint density at radius 3 is 2.21 bits per heavy atom. The maximum absolute atomic E-state index is 13.0. The zero-order valence-electron chi connectivity index (χ0n) is 15.9. The molecule has 2 aromatic rings. The van der Waals surface area contributed by atoms with Gasteiger partial charge in [0.25, 0.3) is 11.8 Å². The zero-order valence-corrected chi connectivity index (χ0v) is 17.5. The first kappa shape index (κ1) is 20.2. The van der Waals surface area contributed by atoms with Crippen LogP contribution in [0.2, 0.25) is 0 Å². The first-order chi connectivity index (χ1) is 13.5. The Labute approximate surface area is 172 Å². The normalized spacial score (nSPS) is 14.5. The average molecular weight is 447 g/mol. The minimum Gasteiger partial charge on any atom is -0.496 e. The van der Waals surface area contributed by atoms with Crippen molar-refractivity contribution < 1.29 is 19.1 Å². The molecule has 0 aromatic heterocycles. The Hall–Kier alpha value is -2.54. The number of hydrogen-bond acceptors (Lipinski definition) is 4. The van der Waals surface area contributed by atoms with Crippen molar-refractivity contribution in [2.75, 3.05) is 27.3 Å². The van der Waals surface area contributed by atoms with Crippen molar-refractivity contribution in [3.63, 3.8) is 0 Å². The summed E-state index contributed by atoms with van der Waals surface area (Å²) >= 11 is 3.38. The lowest BCUT2D eigenvalue weighted by Crippen LogP contribution is -2.46. The fraction of sp³-hybridized carbons (Fsp3) is 0.333. The molecule has 0 saturated carbocycles. The summed E-state index contributed by atoms with van der Waals surface area (Å²) in [4.78, 5) is 27.2. The van der Waals surface area contributed by atoms with Crippen molar-refractivity contribution in [2.45, 2.75) is 18.9 Å². The Morgan fingerprint density at radius 2 is 1.64 bits per heavy atom. The summed E-state index contributed by atoms with van der Waals surface area (Å²) in [7, 11) is 3.07. The van der Waals surface area contributed by atoms with Gasteiger partial charge in [-0.25, -0.2) is 0 Å². The van der Waals surface area contributed by atoms with Crippen LogP contribution in [0.5, 0.6) is 11.5 Å². The number of methoxy groups -OCH3 is 2. The van der Waals surface area contributed by atoms with Gasteiger partial charge in [0.15, 0.2) is 0 Å². The summed E-state index contributed by atoms with van der Waals surface area (Å²) in [6, 6.07) is 12.6. The first-order valence-corrected chi connectivity index (χ1v) is 9.89. The smallest absolute Gasteiger partial charge is 0.261 e. The molecule has 2 aromatic carbocycles. The summed E-state index contributed by atoms with van der Waals surface area (Å²) in [5.41, 5.74) is 1.05. The third kappa shape index (κ3) is 4.47. The predicted octanol–water partition coefficient (Wildman–Crippen LogP) is 3.50. The van der Waals surface area contributed by atoms with Crippen LogP contribution in [-0.2, 0) is 0 Å². The zero-order chi connectivity index (χ0) is 20.1. The third-order valence-electron chi connectivity index (χ3n) is 4.85. The van der Waals surface area contributed by atoms with Gasteiger partial charge in [-0.2, -0.15) is 0 Å². The molecule has 1 N–H and O–H groups in total. The van der Waals surface area contributed by atoms with Gasteiger partial charge in [0.1, 0.15) is 17.1 Å². The number of benzene rings is 2.